The van der Waals surface area contributed by atoms with E-state index in [9.17, 15) is 0 Å². The van der Waals surface area contributed by atoms with E-state index < -0.39 is 0 Å². The molecule has 148 valence electrons. The van der Waals surface area contributed by atoms with Crippen LogP contribution >= 0.6 is 11.3 Å². The Hall–Kier alpha value is -2.28. The Balaban J connectivity index is 1.74. The highest BCUT2D eigenvalue weighted by atomic mass is 32.1. The zero-order chi connectivity index (χ0) is 19.5. The van der Waals surface area contributed by atoms with Gasteiger partial charge in [-0.1, -0.05) is 19.9 Å². The number of rotatable bonds is 10. The first-order valence-corrected chi connectivity index (χ1v) is 10.2. The van der Waals surface area contributed by atoms with Crippen molar-refractivity contribution in [2.75, 3.05) is 26.8 Å². The van der Waals surface area contributed by atoms with Gasteiger partial charge in [-0.3, -0.25) is 0 Å². The molecule has 6 nitrogen and oxygen atoms in total. The highest BCUT2D eigenvalue weighted by Crippen LogP contribution is 2.19. The lowest BCUT2D eigenvalue weighted by molar-refractivity contribution is 0.308. The molecule has 0 amide bonds. The molecule has 0 fully saturated rings. The van der Waals surface area contributed by atoms with Gasteiger partial charge in [-0.05, 0) is 31.4 Å². The lowest BCUT2D eigenvalue weighted by atomic mass is 10.2. The van der Waals surface area contributed by atoms with Gasteiger partial charge in [-0.15, -0.1) is 11.3 Å². The van der Waals surface area contributed by atoms with Crippen molar-refractivity contribution in [3.63, 3.8) is 0 Å². The average Bonchev–Trinajstić information content (AvgIpc) is 3.15. The van der Waals surface area contributed by atoms with E-state index in [0.29, 0.717) is 19.1 Å². The summed E-state index contributed by atoms with van der Waals surface area (Å²) in [5.41, 5.74) is 1.14. The molecule has 7 heteroatoms. The van der Waals surface area contributed by atoms with Crippen LogP contribution in [-0.4, -0.2) is 37.7 Å². The number of hydrogen-bond acceptors (Lipinski definition) is 5. The van der Waals surface area contributed by atoms with Gasteiger partial charge in [0.1, 0.15) is 16.5 Å². The van der Waals surface area contributed by atoms with Crippen LogP contribution < -0.4 is 20.1 Å². The van der Waals surface area contributed by atoms with E-state index in [-0.39, 0.29) is 0 Å². The van der Waals surface area contributed by atoms with Crippen molar-refractivity contribution in [1.29, 1.82) is 0 Å². The summed E-state index contributed by atoms with van der Waals surface area (Å²) < 4.78 is 11.0. The molecule has 1 heterocycles. The minimum absolute atomic E-state index is 0.454. The molecular formula is C20H30N4O2S. The first-order chi connectivity index (χ1) is 13.1. The molecule has 1 aromatic carbocycles. The van der Waals surface area contributed by atoms with Crippen LogP contribution in [0.15, 0.2) is 34.6 Å². The zero-order valence-corrected chi connectivity index (χ0v) is 17.4. The molecule has 0 aliphatic heterocycles. The number of aromatic nitrogens is 1. The molecule has 0 spiro atoms. The van der Waals surface area contributed by atoms with Crippen LogP contribution in [0.25, 0.3) is 0 Å². The van der Waals surface area contributed by atoms with E-state index in [1.807, 2.05) is 24.3 Å². The van der Waals surface area contributed by atoms with Gasteiger partial charge in [0.05, 0.1) is 26.0 Å². The van der Waals surface area contributed by atoms with Gasteiger partial charge in [0.2, 0.25) is 0 Å². The predicted octanol–water partition coefficient (Wildman–Crippen LogP) is 3.80. The summed E-state index contributed by atoms with van der Waals surface area (Å²) in [5.74, 6) is 2.88. The Morgan fingerprint density at radius 3 is 2.78 bits per heavy atom. The summed E-state index contributed by atoms with van der Waals surface area (Å²) >= 11 is 1.67. The summed E-state index contributed by atoms with van der Waals surface area (Å²) in [7, 11) is 1.65. The normalized spacial score (nSPS) is 11.5. The quantitative estimate of drug-likeness (QED) is 0.367. The summed E-state index contributed by atoms with van der Waals surface area (Å²) in [6.45, 7) is 9.19. The molecule has 0 saturated carbocycles. The van der Waals surface area contributed by atoms with Gasteiger partial charge in [0.15, 0.2) is 5.96 Å². The molecule has 27 heavy (non-hydrogen) atoms. The van der Waals surface area contributed by atoms with Crippen molar-refractivity contribution < 1.29 is 9.47 Å². The van der Waals surface area contributed by atoms with Crippen molar-refractivity contribution in [1.82, 2.24) is 15.6 Å². The van der Waals surface area contributed by atoms with Crippen molar-refractivity contribution in [3.05, 3.63) is 40.3 Å². The Bertz CT molecular complexity index is 716. The fourth-order valence-corrected chi connectivity index (χ4v) is 3.19. The number of ether oxygens (including phenoxy) is 2. The molecule has 0 aliphatic carbocycles. The van der Waals surface area contributed by atoms with Gasteiger partial charge < -0.3 is 20.1 Å². The van der Waals surface area contributed by atoms with Crippen molar-refractivity contribution >= 4 is 17.3 Å². The SMILES string of the molecule is CCNC(=NCc1nc(C(C)C)cs1)NCCCOc1cccc(OC)c1. The maximum atomic E-state index is 5.76. The second-order valence-corrected chi connectivity index (χ2v) is 7.27. The fourth-order valence-electron chi connectivity index (χ4n) is 2.31. The molecule has 0 radical (unpaired) electrons. The Morgan fingerprint density at radius 2 is 2.07 bits per heavy atom. The van der Waals surface area contributed by atoms with Crippen LogP contribution in [0.2, 0.25) is 0 Å². The summed E-state index contributed by atoms with van der Waals surface area (Å²) in [6, 6.07) is 7.64. The van der Waals surface area contributed by atoms with Gasteiger partial charge in [-0.2, -0.15) is 0 Å². The maximum Gasteiger partial charge on any atom is 0.191 e. The minimum Gasteiger partial charge on any atom is -0.497 e. The Morgan fingerprint density at radius 1 is 1.26 bits per heavy atom. The summed E-state index contributed by atoms with van der Waals surface area (Å²) in [4.78, 5) is 9.24. The van der Waals surface area contributed by atoms with E-state index in [1.165, 1.54) is 0 Å². The van der Waals surface area contributed by atoms with E-state index in [1.54, 1.807) is 18.4 Å². The van der Waals surface area contributed by atoms with E-state index in [4.69, 9.17) is 9.47 Å². The summed E-state index contributed by atoms with van der Waals surface area (Å²) in [5, 5.41) is 9.76. The molecule has 0 bridgehead atoms. The van der Waals surface area contributed by atoms with Gasteiger partial charge in [0, 0.05) is 24.5 Å². The number of thiazole rings is 1. The standard InChI is InChI=1S/C20H30N4O2S/c1-5-21-20(23-13-19-24-18(14-27-19)15(2)3)22-10-7-11-26-17-9-6-8-16(12-17)25-4/h6,8-9,12,14-15H,5,7,10-11,13H2,1-4H3,(H2,21,22,23). The van der Waals surface area contributed by atoms with E-state index in [2.05, 4.69) is 46.8 Å². The largest absolute Gasteiger partial charge is 0.497 e. The lowest BCUT2D eigenvalue weighted by Crippen LogP contribution is -2.38. The van der Waals surface area contributed by atoms with Crippen molar-refractivity contribution in [3.8, 4) is 11.5 Å². The second kappa shape index (κ2) is 11.4. The average molecular weight is 391 g/mol. The number of guanidine groups is 1. The highest BCUT2D eigenvalue weighted by Gasteiger charge is 2.05. The Kier molecular flexibility index (Phi) is 8.91. The third-order valence-corrected chi connectivity index (χ3v) is 4.65. The molecule has 0 atom stereocenters. The predicted molar refractivity (Wildman–Crippen MR) is 112 cm³/mol. The van der Waals surface area contributed by atoms with Crippen molar-refractivity contribution in [2.24, 2.45) is 4.99 Å². The second-order valence-electron chi connectivity index (χ2n) is 6.32. The van der Waals surface area contributed by atoms with Gasteiger partial charge in [-0.25, -0.2) is 9.98 Å². The van der Waals surface area contributed by atoms with Crippen LogP contribution in [0.3, 0.4) is 0 Å². The smallest absolute Gasteiger partial charge is 0.191 e. The van der Waals surface area contributed by atoms with Crippen LogP contribution in [0, 0.1) is 0 Å². The van der Waals surface area contributed by atoms with Crippen LogP contribution in [0.4, 0.5) is 0 Å². The van der Waals surface area contributed by atoms with Crippen LogP contribution in [0.1, 0.15) is 43.8 Å². The Labute approximate surface area is 166 Å². The monoisotopic (exact) mass is 390 g/mol. The molecule has 2 rings (SSSR count). The lowest BCUT2D eigenvalue weighted by Gasteiger charge is -2.11. The van der Waals surface area contributed by atoms with Crippen LogP contribution in [0.5, 0.6) is 11.5 Å². The molecule has 2 N–H and O–H groups in total. The van der Waals surface area contributed by atoms with Crippen LogP contribution in [-0.2, 0) is 6.54 Å². The number of methoxy groups -OCH3 is 1. The molecule has 0 aliphatic rings. The summed E-state index contributed by atoms with van der Waals surface area (Å²) in [6.07, 6.45) is 0.871. The molecule has 2 aromatic rings. The fraction of sp³-hybridized carbons (Fsp3) is 0.500. The first kappa shape index (κ1) is 21.0. The zero-order valence-electron chi connectivity index (χ0n) is 16.6. The third kappa shape index (κ3) is 7.46. The van der Waals surface area contributed by atoms with Gasteiger partial charge in [0.25, 0.3) is 0 Å². The third-order valence-electron chi connectivity index (χ3n) is 3.80. The van der Waals surface area contributed by atoms with E-state index >= 15 is 0 Å². The number of nitrogens with zero attached hydrogens (tertiary/aromatic N) is 2. The number of hydrogen-bond donors (Lipinski definition) is 2. The van der Waals surface area contributed by atoms with E-state index in [0.717, 1.165) is 47.7 Å². The molecular weight excluding hydrogens is 360 g/mol. The topological polar surface area (TPSA) is 67.8 Å². The molecule has 0 saturated heterocycles. The number of nitrogens with one attached hydrogen (secondary N) is 2. The van der Waals surface area contributed by atoms with Gasteiger partial charge >= 0.3 is 0 Å². The first-order valence-electron chi connectivity index (χ1n) is 9.35. The number of aliphatic imine (C=N–C) groups is 1. The minimum atomic E-state index is 0.454. The maximum absolute atomic E-state index is 5.76. The highest BCUT2D eigenvalue weighted by molar-refractivity contribution is 7.09. The van der Waals surface area contributed by atoms with Crippen molar-refractivity contribution in [2.45, 2.75) is 39.7 Å². The molecule has 0 unspecified atom stereocenters. The number of benzene rings is 1. The molecule has 1 aromatic heterocycles.